The number of benzene rings is 1. The second kappa shape index (κ2) is 5.32. The number of allylic oxidation sites excluding steroid dienone is 4. The molecule has 0 unspecified atom stereocenters. The fourth-order valence-corrected chi connectivity index (χ4v) is 3.56. The second-order valence-corrected chi connectivity index (χ2v) is 6.69. The van der Waals surface area contributed by atoms with Gasteiger partial charge < -0.3 is 4.74 Å². The van der Waals surface area contributed by atoms with Crippen molar-refractivity contribution in [1.82, 2.24) is 0 Å². The van der Waals surface area contributed by atoms with Crippen LogP contribution < -0.4 is 4.74 Å². The summed E-state index contributed by atoms with van der Waals surface area (Å²) in [6.07, 6.45) is 1.54. The van der Waals surface area contributed by atoms with Crippen molar-refractivity contribution in [2.75, 3.05) is 0 Å². The van der Waals surface area contributed by atoms with Gasteiger partial charge in [0, 0.05) is 17.9 Å². The zero-order valence-electron chi connectivity index (χ0n) is 12.7. The average molecular weight is 350 g/mol. The summed E-state index contributed by atoms with van der Waals surface area (Å²) in [4.78, 5) is 27.8. The first-order valence-corrected chi connectivity index (χ1v) is 7.71. The molecule has 0 N–H and O–H groups in total. The fraction of sp³-hybridized carbons (Fsp3) is 0.235. The standard InChI is InChI=1S/C17H13Cl2NO3/c1-8(21)23-9-4-5-12-10(6-9)17(2,3)14-13(20-12)7-11(18)16(22)15(14)19/h4-7H,1-3H3. The Hall–Kier alpha value is -1.91. The Labute approximate surface area is 143 Å². The van der Waals surface area contributed by atoms with E-state index in [1.165, 1.54) is 13.0 Å². The lowest BCUT2D eigenvalue weighted by Crippen LogP contribution is -2.32. The number of rotatable bonds is 1. The van der Waals surface area contributed by atoms with Gasteiger partial charge in [0.05, 0.1) is 21.5 Å². The molecule has 3 rings (SSSR count). The highest BCUT2D eigenvalue weighted by molar-refractivity contribution is 6.58. The number of hydrogen-bond acceptors (Lipinski definition) is 4. The monoisotopic (exact) mass is 349 g/mol. The van der Waals surface area contributed by atoms with Crippen molar-refractivity contribution < 1.29 is 14.3 Å². The van der Waals surface area contributed by atoms with Gasteiger partial charge in [0.25, 0.3) is 0 Å². The van der Waals surface area contributed by atoms with E-state index in [0.717, 1.165) is 11.3 Å². The van der Waals surface area contributed by atoms with E-state index in [2.05, 4.69) is 4.99 Å². The molecule has 0 atom stereocenters. The largest absolute Gasteiger partial charge is 0.427 e. The zero-order valence-corrected chi connectivity index (χ0v) is 14.2. The molecule has 1 heterocycles. The summed E-state index contributed by atoms with van der Waals surface area (Å²) in [5.74, 6) is -0.382. The maximum atomic E-state index is 12.1. The van der Waals surface area contributed by atoms with Crippen molar-refractivity contribution in [3.05, 3.63) is 45.5 Å². The molecular formula is C17H13Cl2NO3. The highest BCUT2D eigenvalue weighted by Crippen LogP contribution is 2.47. The first kappa shape index (κ1) is 16.0. The Bertz CT molecular complexity index is 847. The maximum absolute atomic E-state index is 12.1. The van der Waals surface area contributed by atoms with E-state index < -0.39 is 17.2 Å². The molecule has 1 aliphatic heterocycles. The van der Waals surface area contributed by atoms with Gasteiger partial charge in [-0.2, -0.15) is 0 Å². The molecule has 0 spiro atoms. The summed E-state index contributed by atoms with van der Waals surface area (Å²) < 4.78 is 5.14. The Balaban J connectivity index is 2.23. The third-order valence-corrected chi connectivity index (χ3v) is 4.57. The van der Waals surface area contributed by atoms with Crippen LogP contribution in [-0.2, 0) is 15.0 Å². The normalized spacial score (nSPS) is 18.7. The van der Waals surface area contributed by atoms with Crippen LogP contribution in [0.4, 0.5) is 5.69 Å². The maximum Gasteiger partial charge on any atom is 0.308 e. The SMILES string of the molecule is CC(=O)Oc1ccc2c(c1)C(C)(C)C1=C(Cl)C(=O)C(Cl)=CC1=N2. The molecule has 0 saturated heterocycles. The van der Waals surface area contributed by atoms with E-state index in [1.807, 2.05) is 13.8 Å². The number of carbonyl (C=O) groups excluding carboxylic acids is 2. The van der Waals surface area contributed by atoms with Gasteiger partial charge in [0.1, 0.15) is 5.75 Å². The molecule has 1 aliphatic carbocycles. The van der Waals surface area contributed by atoms with Crippen molar-refractivity contribution in [3.8, 4) is 5.75 Å². The lowest BCUT2D eigenvalue weighted by Gasteiger charge is -2.36. The number of fused-ring (bicyclic) bond motifs is 2. The van der Waals surface area contributed by atoms with Crippen LogP contribution in [0.25, 0.3) is 0 Å². The molecule has 4 nitrogen and oxygen atoms in total. The summed E-state index contributed by atoms with van der Waals surface area (Å²) in [5.41, 5.74) is 2.18. The Morgan fingerprint density at radius 1 is 1.26 bits per heavy atom. The topological polar surface area (TPSA) is 55.7 Å². The number of Topliss-reactive ketones (excluding diaryl/α,β-unsaturated/α-hetero) is 1. The number of nitrogens with zero attached hydrogens (tertiary/aromatic N) is 1. The van der Waals surface area contributed by atoms with Crippen LogP contribution >= 0.6 is 23.2 Å². The average Bonchev–Trinajstić information content (AvgIpc) is 2.44. The summed E-state index contributed by atoms with van der Waals surface area (Å²) in [7, 11) is 0. The van der Waals surface area contributed by atoms with E-state index in [0.29, 0.717) is 17.0 Å². The molecular weight excluding hydrogens is 337 g/mol. The molecule has 118 valence electrons. The van der Waals surface area contributed by atoms with Gasteiger partial charge in [-0.05, 0) is 29.8 Å². The Morgan fingerprint density at radius 3 is 2.61 bits per heavy atom. The fourth-order valence-electron chi connectivity index (χ4n) is 2.88. The minimum Gasteiger partial charge on any atom is -0.427 e. The highest BCUT2D eigenvalue weighted by atomic mass is 35.5. The number of ketones is 1. The van der Waals surface area contributed by atoms with Crippen molar-refractivity contribution in [1.29, 1.82) is 0 Å². The van der Waals surface area contributed by atoms with Gasteiger partial charge in [-0.3, -0.25) is 9.59 Å². The molecule has 2 aliphatic rings. The molecule has 0 fully saturated rings. The molecule has 1 aromatic rings. The number of aliphatic imine (C=N–C) groups is 1. The van der Waals surface area contributed by atoms with Gasteiger partial charge in [-0.1, -0.05) is 37.0 Å². The van der Waals surface area contributed by atoms with E-state index in [-0.39, 0.29) is 10.1 Å². The summed E-state index contributed by atoms with van der Waals surface area (Å²) >= 11 is 12.2. The highest BCUT2D eigenvalue weighted by Gasteiger charge is 2.40. The molecule has 0 bridgehead atoms. The molecule has 6 heteroatoms. The van der Waals surface area contributed by atoms with Crippen molar-refractivity contribution in [3.63, 3.8) is 0 Å². The van der Waals surface area contributed by atoms with Crippen LogP contribution in [0.15, 0.2) is 44.9 Å². The van der Waals surface area contributed by atoms with E-state index >= 15 is 0 Å². The van der Waals surface area contributed by atoms with Gasteiger partial charge in [0.15, 0.2) is 0 Å². The van der Waals surface area contributed by atoms with Crippen molar-refractivity contribution in [2.45, 2.75) is 26.2 Å². The molecule has 0 radical (unpaired) electrons. The molecule has 1 aromatic carbocycles. The lowest BCUT2D eigenvalue weighted by molar-refractivity contribution is -0.131. The zero-order chi connectivity index (χ0) is 16.9. The molecule has 0 saturated carbocycles. The number of hydrogen-bond donors (Lipinski definition) is 0. The van der Waals surface area contributed by atoms with Gasteiger partial charge in [-0.15, -0.1) is 0 Å². The van der Waals surface area contributed by atoms with Crippen LogP contribution in [0.2, 0.25) is 0 Å². The predicted molar refractivity (Wildman–Crippen MR) is 89.7 cm³/mol. The van der Waals surface area contributed by atoms with Crippen molar-refractivity contribution in [2.24, 2.45) is 4.99 Å². The molecule has 0 aromatic heterocycles. The minimum atomic E-state index is -0.580. The van der Waals surface area contributed by atoms with Crippen LogP contribution in [0.1, 0.15) is 26.3 Å². The van der Waals surface area contributed by atoms with Crippen molar-refractivity contribution >= 4 is 46.4 Å². The van der Waals surface area contributed by atoms with E-state index in [9.17, 15) is 9.59 Å². The van der Waals surface area contributed by atoms with Gasteiger partial charge >= 0.3 is 5.97 Å². The second-order valence-electron chi connectivity index (χ2n) is 5.91. The third-order valence-electron chi connectivity index (χ3n) is 3.92. The Kier molecular flexibility index (Phi) is 3.69. The third kappa shape index (κ3) is 2.52. The minimum absolute atomic E-state index is 0.0493. The Morgan fingerprint density at radius 2 is 1.96 bits per heavy atom. The van der Waals surface area contributed by atoms with Crippen LogP contribution in [0, 0.1) is 0 Å². The van der Waals surface area contributed by atoms with Crippen LogP contribution in [0.3, 0.4) is 0 Å². The van der Waals surface area contributed by atoms with Crippen LogP contribution in [-0.4, -0.2) is 17.5 Å². The number of halogens is 2. The molecule has 23 heavy (non-hydrogen) atoms. The molecule has 0 amide bonds. The number of carbonyl (C=O) groups is 2. The first-order chi connectivity index (χ1) is 10.7. The van der Waals surface area contributed by atoms with Crippen LogP contribution in [0.5, 0.6) is 5.75 Å². The number of esters is 1. The number of ether oxygens (including phenoxy) is 1. The van der Waals surface area contributed by atoms with Gasteiger partial charge in [0.2, 0.25) is 5.78 Å². The lowest BCUT2D eigenvalue weighted by atomic mass is 9.71. The first-order valence-electron chi connectivity index (χ1n) is 6.96. The van der Waals surface area contributed by atoms with E-state index in [1.54, 1.807) is 18.2 Å². The predicted octanol–water partition coefficient (Wildman–Crippen LogP) is 4.17. The summed E-state index contributed by atoms with van der Waals surface area (Å²) in [6.45, 7) is 5.22. The quantitative estimate of drug-likeness (QED) is 0.434. The van der Waals surface area contributed by atoms with Gasteiger partial charge in [-0.25, -0.2) is 4.99 Å². The smallest absolute Gasteiger partial charge is 0.308 e. The summed E-state index contributed by atoms with van der Waals surface area (Å²) in [5, 5.41) is 0.123. The summed E-state index contributed by atoms with van der Waals surface area (Å²) in [6, 6.07) is 5.19. The van der Waals surface area contributed by atoms with E-state index in [4.69, 9.17) is 27.9 Å².